The molecule has 0 radical (unpaired) electrons. The second kappa shape index (κ2) is 17.1. The predicted octanol–water partition coefficient (Wildman–Crippen LogP) is 7.39. The van der Waals surface area contributed by atoms with Crippen LogP contribution in [0.2, 0.25) is 0 Å². The Morgan fingerprint density at radius 2 is 1.38 bits per heavy atom. The van der Waals surface area contributed by atoms with Gasteiger partial charge < -0.3 is 5.11 Å². The van der Waals surface area contributed by atoms with Crippen LogP contribution in [-0.4, -0.2) is 41.3 Å². The van der Waals surface area contributed by atoms with Gasteiger partial charge in [-0.05, 0) is 39.0 Å². The summed E-state index contributed by atoms with van der Waals surface area (Å²) in [5, 5.41) is 10.2. The maximum atomic E-state index is 10.2. The van der Waals surface area contributed by atoms with Crippen LogP contribution in [-0.2, 0) is 0 Å². The van der Waals surface area contributed by atoms with Crippen molar-refractivity contribution in [2.75, 3.05) is 13.1 Å². The van der Waals surface area contributed by atoms with Crippen molar-refractivity contribution < 1.29 is 9.59 Å². The summed E-state index contributed by atoms with van der Waals surface area (Å²) in [5.74, 6) is 0. The molecule has 29 heavy (non-hydrogen) atoms. The average Bonchev–Trinajstić information content (AvgIpc) is 3.14. The summed E-state index contributed by atoms with van der Waals surface area (Å²) >= 11 is 0. The molecule has 1 N–H and O–H groups in total. The van der Waals surface area contributed by atoms with Crippen LogP contribution >= 0.6 is 0 Å². The van der Waals surface area contributed by atoms with Gasteiger partial charge in [-0.15, -0.1) is 0 Å². The molecule has 0 aromatic heterocycles. The van der Waals surface area contributed by atoms with Gasteiger partial charge in [-0.1, -0.05) is 83.3 Å². The number of aliphatic hydroxyl groups is 1. The number of nitrogens with zero attached hydrogens (tertiary/aromatic N) is 2. The molecular formula is C26H51N2O+. The highest BCUT2D eigenvalue weighted by Crippen LogP contribution is 2.26. The molecule has 0 aromatic rings. The Morgan fingerprint density at radius 3 is 1.90 bits per heavy atom. The molecule has 0 saturated carbocycles. The number of hydrogen-bond donors (Lipinski definition) is 1. The highest BCUT2D eigenvalue weighted by molar-refractivity contribution is 5.60. The minimum absolute atomic E-state index is 0.277. The summed E-state index contributed by atoms with van der Waals surface area (Å²) < 4.78 is 0.740. The minimum Gasteiger partial charge on any atom is -0.345 e. The fraction of sp³-hybridized carbons (Fsp3) is 0.885. The largest absolute Gasteiger partial charge is 0.345 e. The van der Waals surface area contributed by atoms with Crippen LogP contribution in [0.15, 0.2) is 17.1 Å². The first-order chi connectivity index (χ1) is 14.2. The molecule has 0 spiro atoms. The lowest BCUT2D eigenvalue weighted by atomic mass is 10.1. The summed E-state index contributed by atoms with van der Waals surface area (Å²) in [6, 6.07) is 0. The van der Waals surface area contributed by atoms with Crippen molar-refractivity contribution in [2.24, 2.45) is 4.99 Å². The highest BCUT2D eigenvalue weighted by atomic mass is 16.3. The van der Waals surface area contributed by atoms with E-state index in [0.29, 0.717) is 0 Å². The molecular weight excluding hydrogens is 356 g/mol. The maximum absolute atomic E-state index is 10.2. The van der Waals surface area contributed by atoms with Crippen LogP contribution in [0.5, 0.6) is 0 Å². The number of aliphatic imine (C=N–C) groups is 1. The molecule has 1 rings (SSSR count). The predicted molar refractivity (Wildman–Crippen MR) is 128 cm³/mol. The molecule has 3 atom stereocenters. The fourth-order valence-corrected chi connectivity index (χ4v) is 4.66. The molecule has 1 heterocycles. The molecule has 0 amide bonds. The van der Waals surface area contributed by atoms with Gasteiger partial charge in [-0.25, -0.2) is 4.99 Å². The lowest BCUT2D eigenvalue weighted by molar-refractivity contribution is -0.976. The van der Waals surface area contributed by atoms with E-state index >= 15 is 0 Å². The van der Waals surface area contributed by atoms with Crippen LogP contribution in [0, 0.1) is 0 Å². The number of unbranched alkanes of at least 4 members (excludes halogenated alkanes) is 13. The van der Waals surface area contributed by atoms with E-state index in [1.165, 1.54) is 96.3 Å². The summed E-state index contributed by atoms with van der Waals surface area (Å²) in [6.45, 7) is 8.25. The Kier molecular flexibility index (Phi) is 15.5. The first kappa shape index (κ1) is 26.4. The van der Waals surface area contributed by atoms with E-state index in [1.54, 1.807) is 0 Å². The summed E-state index contributed by atoms with van der Waals surface area (Å²) in [7, 11) is 0. The van der Waals surface area contributed by atoms with E-state index in [0.717, 1.165) is 24.0 Å². The van der Waals surface area contributed by atoms with Gasteiger partial charge in [0.1, 0.15) is 6.54 Å². The smallest absolute Gasteiger partial charge is 0.189 e. The molecule has 3 heteroatoms. The monoisotopic (exact) mass is 407 g/mol. The minimum atomic E-state index is -0.315. The molecule has 0 aromatic carbocycles. The second-order valence-corrected chi connectivity index (χ2v) is 9.13. The second-order valence-electron chi connectivity index (χ2n) is 9.13. The summed E-state index contributed by atoms with van der Waals surface area (Å²) in [5.41, 5.74) is 0. The molecule has 0 bridgehead atoms. The van der Waals surface area contributed by atoms with Gasteiger partial charge in [0.05, 0.1) is 12.8 Å². The van der Waals surface area contributed by atoms with E-state index in [2.05, 4.69) is 31.0 Å². The van der Waals surface area contributed by atoms with Crippen molar-refractivity contribution in [3.8, 4) is 0 Å². The number of allylic oxidation sites excluding steroid dienone is 2. The van der Waals surface area contributed by atoms with Gasteiger partial charge >= 0.3 is 0 Å². The van der Waals surface area contributed by atoms with E-state index in [4.69, 9.17) is 0 Å². The molecule has 3 unspecified atom stereocenters. The summed E-state index contributed by atoms with van der Waals surface area (Å²) in [4.78, 5) is 4.67. The SMILES string of the molecule is CCCCCCCCCC/C=C/CCCCCCCC1N=CC[N+]1(CC)C(C)O. The lowest BCUT2D eigenvalue weighted by Gasteiger charge is -2.40. The average molecular weight is 408 g/mol. The number of aliphatic hydroxyl groups excluding tert-OH is 1. The van der Waals surface area contributed by atoms with Gasteiger partial charge in [0.15, 0.2) is 12.4 Å². The Morgan fingerprint density at radius 1 is 0.862 bits per heavy atom. The zero-order valence-electron chi connectivity index (χ0n) is 20.0. The van der Waals surface area contributed by atoms with Crippen LogP contribution in [0.4, 0.5) is 0 Å². The summed E-state index contributed by atoms with van der Waals surface area (Å²) in [6.07, 6.45) is 28.3. The maximum Gasteiger partial charge on any atom is 0.189 e. The van der Waals surface area contributed by atoms with Crippen molar-refractivity contribution in [2.45, 2.75) is 136 Å². The molecule has 0 aliphatic carbocycles. The Bertz CT molecular complexity index is 432. The zero-order chi connectivity index (χ0) is 21.2. The molecule has 0 saturated heterocycles. The van der Waals surface area contributed by atoms with Crippen LogP contribution in [0.25, 0.3) is 0 Å². The van der Waals surface area contributed by atoms with Gasteiger partial charge in [-0.3, -0.25) is 4.48 Å². The van der Waals surface area contributed by atoms with Crippen molar-refractivity contribution in [3.05, 3.63) is 12.2 Å². The number of hydrogen-bond acceptors (Lipinski definition) is 2. The molecule has 3 nitrogen and oxygen atoms in total. The van der Waals surface area contributed by atoms with Gasteiger partial charge in [0.2, 0.25) is 0 Å². The lowest BCUT2D eigenvalue weighted by Crippen LogP contribution is -2.57. The van der Waals surface area contributed by atoms with Crippen molar-refractivity contribution in [3.63, 3.8) is 0 Å². The Balaban J connectivity index is 1.90. The van der Waals surface area contributed by atoms with E-state index in [-0.39, 0.29) is 12.4 Å². The van der Waals surface area contributed by atoms with E-state index < -0.39 is 0 Å². The Labute approximate surface area is 182 Å². The van der Waals surface area contributed by atoms with Crippen LogP contribution in [0.1, 0.15) is 124 Å². The molecule has 1 aliphatic heterocycles. The zero-order valence-corrected chi connectivity index (χ0v) is 20.0. The quantitative estimate of drug-likeness (QED) is 0.135. The molecule has 1 aliphatic rings. The van der Waals surface area contributed by atoms with Crippen molar-refractivity contribution >= 4 is 6.21 Å². The van der Waals surface area contributed by atoms with Gasteiger partial charge in [-0.2, -0.15) is 0 Å². The number of quaternary nitrogens is 1. The van der Waals surface area contributed by atoms with Crippen molar-refractivity contribution in [1.82, 2.24) is 0 Å². The van der Waals surface area contributed by atoms with Gasteiger partial charge in [0, 0.05) is 13.3 Å². The van der Waals surface area contributed by atoms with E-state index in [1.807, 2.05) is 13.1 Å². The first-order valence-electron chi connectivity index (χ1n) is 12.9. The fourth-order valence-electron chi connectivity index (χ4n) is 4.66. The standard InChI is InChI=1S/C26H51N2O/c1-4-6-7-8-9-10-11-12-13-14-15-16-17-18-19-20-21-22-26-27-23-24-28(26,5-2)25(3)29/h14-15,23,25-26,29H,4-13,16-22,24H2,1-3H3/q+1/b15-14+. The third-order valence-corrected chi connectivity index (χ3v) is 6.85. The molecule has 0 fully saturated rings. The van der Waals surface area contributed by atoms with Crippen LogP contribution < -0.4 is 0 Å². The van der Waals surface area contributed by atoms with E-state index in [9.17, 15) is 5.11 Å². The normalized spacial score (nSPS) is 22.7. The number of rotatable bonds is 19. The highest BCUT2D eigenvalue weighted by Gasteiger charge is 2.41. The third kappa shape index (κ3) is 10.8. The Hall–Kier alpha value is -0.670. The third-order valence-electron chi connectivity index (χ3n) is 6.85. The topological polar surface area (TPSA) is 32.6 Å². The van der Waals surface area contributed by atoms with Gasteiger partial charge in [0.25, 0.3) is 0 Å². The first-order valence-corrected chi connectivity index (χ1v) is 12.9. The van der Waals surface area contributed by atoms with Crippen molar-refractivity contribution in [1.29, 1.82) is 0 Å². The molecule has 170 valence electrons. The van der Waals surface area contributed by atoms with Crippen LogP contribution in [0.3, 0.4) is 0 Å².